The number of halogens is 1. The molecule has 0 saturated carbocycles. The van der Waals surface area contributed by atoms with Gasteiger partial charge in [0.1, 0.15) is 17.2 Å². The van der Waals surface area contributed by atoms with E-state index in [1.54, 1.807) is 21.3 Å². The Balaban J connectivity index is 0.00000450. The predicted molar refractivity (Wildman–Crippen MR) is 130 cm³/mol. The Hall–Kier alpha value is -2.20. The Morgan fingerprint density at radius 1 is 1.03 bits per heavy atom. The van der Waals surface area contributed by atoms with Crippen molar-refractivity contribution in [1.82, 2.24) is 10.2 Å². The van der Waals surface area contributed by atoms with Crippen molar-refractivity contribution < 1.29 is 19.3 Å². The Morgan fingerprint density at radius 2 is 1.67 bits per heavy atom. The van der Waals surface area contributed by atoms with Gasteiger partial charge in [-0.1, -0.05) is 12.1 Å². The smallest absolute Gasteiger partial charge is 0.194 e. The average Bonchev–Trinajstić information content (AvgIpc) is 2.76. The summed E-state index contributed by atoms with van der Waals surface area (Å²) in [5.41, 5.74) is 1.81. The summed E-state index contributed by atoms with van der Waals surface area (Å²) in [5, 5.41) is 13.8. The van der Waals surface area contributed by atoms with Crippen LogP contribution in [-0.4, -0.2) is 57.4 Å². The summed E-state index contributed by atoms with van der Waals surface area (Å²) in [7, 11) is 6.84. The minimum atomic E-state index is -0.696. The second-order valence-electron chi connectivity index (χ2n) is 6.52. The van der Waals surface area contributed by atoms with Gasteiger partial charge >= 0.3 is 0 Å². The molecule has 2 N–H and O–H groups in total. The van der Waals surface area contributed by atoms with Gasteiger partial charge in [0.2, 0.25) is 0 Å². The largest absolute Gasteiger partial charge is 0.497 e. The van der Waals surface area contributed by atoms with Gasteiger partial charge in [0.15, 0.2) is 5.96 Å². The van der Waals surface area contributed by atoms with E-state index in [4.69, 9.17) is 14.2 Å². The zero-order chi connectivity index (χ0) is 21.2. The van der Waals surface area contributed by atoms with Gasteiger partial charge in [-0.05, 0) is 36.8 Å². The van der Waals surface area contributed by atoms with Crippen molar-refractivity contribution in [2.75, 3.05) is 41.5 Å². The van der Waals surface area contributed by atoms with E-state index < -0.39 is 6.10 Å². The number of aliphatic hydroxyl groups is 1. The highest BCUT2D eigenvalue weighted by molar-refractivity contribution is 14.0. The Morgan fingerprint density at radius 3 is 2.23 bits per heavy atom. The molecule has 0 aliphatic heterocycles. The van der Waals surface area contributed by atoms with Crippen LogP contribution < -0.4 is 19.5 Å². The Bertz CT molecular complexity index is 799. The first kappa shape index (κ1) is 25.8. The summed E-state index contributed by atoms with van der Waals surface area (Å²) in [5.74, 6) is 2.96. The molecule has 0 aliphatic carbocycles. The summed E-state index contributed by atoms with van der Waals surface area (Å²) in [4.78, 5) is 6.60. The van der Waals surface area contributed by atoms with E-state index in [1.165, 1.54) is 0 Å². The molecule has 0 heterocycles. The molecule has 0 spiro atoms. The molecule has 2 aromatic rings. The lowest BCUT2D eigenvalue weighted by Gasteiger charge is -2.23. The lowest BCUT2D eigenvalue weighted by Crippen LogP contribution is -2.38. The SMILES string of the molecule is CCNC(=NCC(O)c1ccc(OC)cc1)N(C)Cc1ccc(OC)cc1OC.I. The zero-order valence-electron chi connectivity index (χ0n) is 18.2. The third kappa shape index (κ3) is 7.24. The number of hydrogen-bond acceptors (Lipinski definition) is 5. The van der Waals surface area contributed by atoms with Gasteiger partial charge in [-0.25, -0.2) is 0 Å². The summed E-state index contributed by atoms with van der Waals surface area (Å²) in [6.45, 7) is 3.58. The molecular formula is C22H32IN3O4. The number of ether oxygens (including phenoxy) is 3. The van der Waals surface area contributed by atoms with Crippen molar-refractivity contribution in [2.45, 2.75) is 19.6 Å². The van der Waals surface area contributed by atoms with Crippen molar-refractivity contribution >= 4 is 29.9 Å². The maximum Gasteiger partial charge on any atom is 0.194 e. The van der Waals surface area contributed by atoms with E-state index in [9.17, 15) is 5.11 Å². The molecular weight excluding hydrogens is 497 g/mol. The molecule has 7 nitrogen and oxygen atoms in total. The van der Waals surface area contributed by atoms with Crippen LogP contribution in [-0.2, 0) is 6.54 Å². The lowest BCUT2D eigenvalue weighted by atomic mass is 10.1. The van der Waals surface area contributed by atoms with Crippen LogP contribution in [0.2, 0.25) is 0 Å². The summed E-state index contributed by atoms with van der Waals surface area (Å²) < 4.78 is 15.9. The topological polar surface area (TPSA) is 75.6 Å². The molecule has 0 aromatic heterocycles. The van der Waals surface area contributed by atoms with E-state index in [2.05, 4.69) is 10.3 Å². The van der Waals surface area contributed by atoms with E-state index in [0.717, 1.165) is 34.9 Å². The number of aliphatic hydroxyl groups excluding tert-OH is 1. The summed E-state index contributed by atoms with van der Waals surface area (Å²) in [6, 6.07) is 13.1. The molecule has 1 atom stereocenters. The number of aliphatic imine (C=N–C) groups is 1. The summed E-state index contributed by atoms with van der Waals surface area (Å²) >= 11 is 0. The van der Waals surface area contributed by atoms with Gasteiger partial charge in [-0.15, -0.1) is 24.0 Å². The van der Waals surface area contributed by atoms with E-state index >= 15 is 0 Å². The number of methoxy groups -OCH3 is 3. The normalized spacial score (nSPS) is 11.9. The molecule has 2 rings (SSSR count). The third-order valence-electron chi connectivity index (χ3n) is 4.51. The highest BCUT2D eigenvalue weighted by atomic mass is 127. The maximum atomic E-state index is 10.5. The van der Waals surface area contributed by atoms with E-state index in [0.29, 0.717) is 12.5 Å². The molecule has 8 heteroatoms. The van der Waals surface area contributed by atoms with Crippen LogP contribution in [0.5, 0.6) is 17.2 Å². The molecule has 0 fully saturated rings. The van der Waals surface area contributed by atoms with Gasteiger partial charge in [0.25, 0.3) is 0 Å². The molecule has 166 valence electrons. The maximum absolute atomic E-state index is 10.5. The number of nitrogens with zero attached hydrogens (tertiary/aromatic N) is 2. The van der Waals surface area contributed by atoms with Gasteiger partial charge in [0, 0.05) is 31.8 Å². The van der Waals surface area contributed by atoms with Crippen LogP contribution in [0.25, 0.3) is 0 Å². The Kier molecular flexibility index (Phi) is 11.3. The first-order valence-electron chi connectivity index (χ1n) is 9.54. The van der Waals surface area contributed by atoms with Crippen LogP contribution >= 0.6 is 24.0 Å². The van der Waals surface area contributed by atoms with Crippen LogP contribution in [0.1, 0.15) is 24.2 Å². The second kappa shape index (κ2) is 13.2. The molecule has 30 heavy (non-hydrogen) atoms. The van der Waals surface area contributed by atoms with Gasteiger partial charge in [0.05, 0.1) is 34.0 Å². The minimum absolute atomic E-state index is 0. The highest BCUT2D eigenvalue weighted by Gasteiger charge is 2.13. The number of benzene rings is 2. The fourth-order valence-electron chi connectivity index (χ4n) is 2.89. The van der Waals surface area contributed by atoms with Crippen LogP contribution in [0.3, 0.4) is 0 Å². The monoisotopic (exact) mass is 529 g/mol. The number of rotatable bonds is 9. The van der Waals surface area contributed by atoms with Crippen molar-refractivity contribution in [1.29, 1.82) is 0 Å². The standard InChI is InChI=1S/C22H31N3O4.HI/c1-6-23-22(24-14-20(26)16-7-10-18(27-3)11-8-16)25(2)15-17-9-12-19(28-4)13-21(17)29-5;/h7-13,20,26H,6,14-15H2,1-5H3,(H,23,24);1H. The molecule has 0 aliphatic rings. The van der Waals surface area contributed by atoms with Crippen LogP contribution in [0.4, 0.5) is 0 Å². The molecule has 0 radical (unpaired) electrons. The van der Waals surface area contributed by atoms with Crippen molar-refractivity contribution in [2.24, 2.45) is 4.99 Å². The third-order valence-corrected chi connectivity index (χ3v) is 4.51. The van der Waals surface area contributed by atoms with Crippen LogP contribution in [0.15, 0.2) is 47.5 Å². The van der Waals surface area contributed by atoms with Crippen molar-refractivity contribution in [3.05, 3.63) is 53.6 Å². The molecule has 1 unspecified atom stereocenters. The first-order valence-corrected chi connectivity index (χ1v) is 9.54. The number of hydrogen-bond donors (Lipinski definition) is 2. The first-order chi connectivity index (χ1) is 14.0. The quantitative estimate of drug-likeness (QED) is 0.295. The highest BCUT2D eigenvalue weighted by Crippen LogP contribution is 2.25. The molecule has 0 bridgehead atoms. The van der Waals surface area contributed by atoms with E-state index in [-0.39, 0.29) is 30.5 Å². The van der Waals surface area contributed by atoms with Gasteiger partial charge < -0.3 is 29.5 Å². The predicted octanol–water partition coefficient (Wildman–Crippen LogP) is 3.46. The second-order valence-corrected chi connectivity index (χ2v) is 6.52. The average molecular weight is 529 g/mol. The molecule has 0 amide bonds. The van der Waals surface area contributed by atoms with Gasteiger partial charge in [-0.2, -0.15) is 0 Å². The van der Waals surface area contributed by atoms with E-state index in [1.807, 2.05) is 61.3 Å². The van der Waals surface area contributed by atoms with Crippen molar-refractivity contribution in [3.63, 3.8) is 0 Å². The van der Waals surface area contributed by atoms with Gasteiger partial charge in [-0.3, -0.25) is 4.99 Å². The molecule has 0 saturated heterocycles. The Labute approximate surface area is 196 Å². The fraction of sp³-hybridized carbons (Fsp3) is 0.409. The molecule has 2 aromatic carbocycles. The summed E-state index contributed by atoms with van der Waals surface area (Å²) in [6.07, 6.45) is -0.696. The van der Waals surface area contributed by atoms with Crippen molar-refractivity contribution in [3.8, 4) is 17.2 Å². The zero-order valence-corrected chi connectivity index (χ0v) is 20.5. The minimum Gasteiger partial charge on any atom is -0.497 e. The lowest BCUT2D eigenvalue weighted by molar-refractivity contribution is 0.186. The number of guanidine groups is 1. The number of nitrogens with one attached hydrogen (secondary N) is 1. The fourth-order valence-corrected chi connectivity index (χ4v) is 2.89. The van der Waals surface area contributed by atoms with Crippen LogP contribution in [0, 0.1) is 0 Å².